The molecule has 2 aromatic carbocycles. The molecule has 0 heterocycles. The number of aryl methyl sites for hydroxylation is 2. The van der Waals surface area contributed by atoms with Crippen molar-refractivity contribution in [2.24, 2.45) is 0 Å². The van der Waals surface area contributed by atoms with Crippen LogP contribution in [0.25, 0.3) is 0 Å². The molecule has 2 heteroatoms. The summed E-state index contributed by atoms with van der Waals surface area (Å²) in [6, 6.07) is 11.3. The Labute approximate surface area is 107 Å². The van der Waals surface area contributed by atoms with E-state index in [1.807, 2.05) is 51.1 Å². The van der Waals surface area contributed by atoms with Gasteiger partial charge in [-0.15, -0.1) is 0 Å². The fraction of sp³-hybridized carbons (Fsp3) is 0.188. The maximum absolute atomic E-state index is 12.5. The molecule has 0 saturated carbocycles. The van der Waals surface area contributed by atoms with Crippen LogP contribution in [0.1, 0.15) is 32.6 Å². The van der Waals surface area contributed by atoms with Crippen molar-refractivity contribution < 1.29 is 4.79 Å². The van der Waals surface area contributed by atoms with Crippen LogP contribution in [-0.4, -0.2) is 5.78 Å². The summed E-state index contributed by atoms with van der Waals surface area (Å²) in [6.07, 6.45) is 0. The molecule has 0 aliphatic heterocycles. The maximum atomic E-state index is 12.5. The number of carbonyl (C=O) groups excluding carboxylic acids is 1. The molecule has 2 nitrogen and oxygen atoms in total. The van der Waals surface area contributed by atoms with Crippen molar-refractivity contribution in [1.29, 1.82) is 0 Å². The number of rotatable bonds is 2. The predicted molar refractivity (Wildman–Crippen MR) is 74.9 cm³/mol. The van der Waals surface area contributed by atoms with E-state index in [0.717, 1.165) is 22.3 Å². The molecule has 0 atom stereocenters. The van der Waals surface area contributed by atoms with E-state index in [1.165, 1.54) is 0 Å². The Kier molecular flexibility index (Phi) is 3.19. The zero-order chi connectivity index (χ0) is 13.3. The molecule has 18 heavy (non-hydrogen) atoms. The number of nitrogens with two attached hydrogens (primary N) is 1. The molecular weight excluding hydrogens is 222 g/mol. The van der Waals surface area contributed by atoms with Gasteiger partial charge in [-0.2, -0.15) is 0 Å². The number of ketones is 1. The van der Waals surface area contributed by atoms with Crippen molar-refractivity contribution in [2.75, 3.05) is 5.73 Å². The molecule has 0 saturated heterocycles. The molecular formula is C16H17NO. The van der Waals surface area contributed by atoms with Gasteiger partial charge in [-0.05, 0) is 44.5 Å². The molecule has 0 aliphatic rings. The molecule has 92 valence electrons. The molecule has 0 fully saturated rings. The van der Waals surface area contributed by atoms with Crippen molar-refractivity contribution in [2.45, 2.75) is 20.8 Å². The minimum atomic E-state index is 0.0339. The van der Waals surface area contributed by atoms with Gasteiger partial charge in [-0.25, -0.2) is 0 Å². The van der Waals surface area contributed by atoms with Gasteiger partial charge in [0.1, 0.15) is 0 Å². The van der Waals surface area contributed by atoms with Crippen LogP contribution in [0.4, 0.5) is 5.69 Å². The monoisotopic (exact) mass is 239 g/mol. The molecule has 0 radical (unpaired) electrons. The van der Waals surface area contributed by atoms with E-state index in [1.54, 1.807) is 0 Å². The van der Waals surface area contributed by atoms with E-state index in [9.17, 15) is 4.79 Å². The third kappa shape index (κ3) is 2.28. The fourth-order valence-corrected chi connectivity index (χ4v) is 2.16. The second-order valence-corrected chi connectivity index (χ2v) is 4.73. The Bertz CT molecular complexity index is 594. The van der Waals surface area contributed by atoms with Gasteiger partial charge in [0.05, 0.1) is 0 Å². The second kappa shape index (κ2) is 4.65. The average molecular weight is 239 g/mol. The highest BCUT2D eigenvalue weighted by molar-refractivity contribution is 6.10. The lowest BCUT2D eigenvalue weighted by Crippen LogP contribution is -2.06. The Morgan fingerprint density at radius 2 is 1.61 bits per heavy atom. The highest BCUT2D eigenvalue weighted by atomic mass is 16.1. The van der Waals surface area contributed by atoms with Crippen LogP contribution in [0.15, 0.2) is 36.4 Å². The van der Waals surface area contributed by atoms with Crippen LogP contribution in [0.2, 0.25) is 0 Å². The van der Waals surface area contributed by atoms with Crippen molar-refractivity contribution in [3.8, 4) is 0 Å². The van der Waals surface area contributed by atoms with E-state index < -0.39 is 0 Å². The highest BCUT2D eigenvalue weighted by Gasteiger charge is 2.13. The SMILES string of the molecule is Cc1cc(C)cc(C(=O)c2cccc(N)c2C)c1. The van der Waals surface area contributed by atoms with Gasteiger partial charge in [0.15, 0.2) is 5.78 Å². The van der Waals surface area contributed by atoms with E-state index >= 15 is 0 Å². The molecule has 0 amide bonds. The summed E-state index contributed by atoms with van der Waals surface area (Å²) in [4.78, 5) is 12.5. The molecule has 2 aromatic rings. The van der Waals surface area contributed by atoms with Crippen LogP contribution in [-0.2, 0) is 0 Å². The number of nitrogen functional groups attached to an aromatic ring is 1. The molecule has 2 N–H and O–H groups in total. The summed E-state index contributed by atoms with van der Waals surface area (Å²) >= 11 is 0. The van der Waals surface area contributed by atoms with Crippen molar-refractivity contribution >= 4 is 11.5 Å². The van der Waals surface area contributed by atoms with E-state index in [4.69, 9.17) is 5.73 Å². The summed E-state index contributed by atoms with van der Waals surface area (Å²) in [5.74, 6) is 0.0339. The summed E-state index contributed by atoms with van der Waals surface area (Å²) in [5, 5.41) is 0. The number of benzene rings is 2. The van der Waals surface area contributed by atoms with Crippen LogP contribution < -0.4 is 5.73 Å². The average Bonchev–Trinajstić information content (AvgIpc) is 2.30. The molecule has 0 spiro atoms. The van der Waals surface area contributed by atoms with E-state index in [2.05, 4.69) is 6.07 Å². The fourth-order valence-electron chi connectivity index (χ4n) is 2.16. The van der Waals surface area contributed by atoms with E-state index in [-0.39, 0.29) is 5.78 Å². The summed E-state index contributed by atoms with van der Waals surface area (Å²) in [5.41, 5.74) is 10.9. The maximum Gasteiger partial charge on any atom is 0.193 e. The van der Waals surface area contributed by atoms with Gasteiger partial charge in [0.2, 0.25) is 0 Å². The van der Waals surface area contributed by atoms with Crippen LogP contribution >= 0.6 is 0 Å². The number of hydrogen-bond acceptors (Lipinski definition) is 2. The predicted octanol–water partition coefficient (Wildman–Crippen LogP) is 3.43. The first kappa shape index (κ1) is 12.4. The van der Waals surface area contributed by atoms with Crippen molar-refractivity contribution in [3.63, 3.8) is 0 Å². The molecule has 0 aromatic heterocycles. The highest BCUT2D eigenvalue weighted by Crippen LogP contribution is 2.20. The van der Waals surface area contributed by atoms with Gasteiger partial charge in [0.25, 0.3) is 0 Å². The number of carbonyl (C=O) groups is 1. The first-order valence-corrected chi connectivity index (χ1v) is 5.97. The summed E-state index contributed by atoms with van der Waals surface area (Å²) in [7, 11) is 0. The third-order valence-electron chi connectivity index (χ3n) is 3.10. The van der Waals surface area contributed by atoms with Gasteiger partial charge < -0.3 is 5.73 Å². The van der Waals surface area contributed by atoms with Crippen LogP contribution in [0.5, 0.6) is 0 Å². The first-order chi connectivity index (χ1) is 8.49. The Morgan fingerprint density at radius 3 is 2.22 bits per heavy atom. The molecule has 0 bridgehead atoms. The normalized spacial score (nSPS) is 10.4. The smallest absolute Gasteiger partial charge is 0.193 e. The van der Waals surface area contributed by atoms with Gasteiger partial charge >= 0.3 is 0 Å². The quantitative estimate of drug-likeness (QED) is 0.644. The number of anilines is 1. The van der Waals surface area contributed by atoms with Crippen LogP contribution in [0, 0.1) is 20.8 Å². The lowest BCUT2D eigenvalue weighted by Gasteiger charge is -2.08. The minimum Gasteiger partial charge on any atom is -0.398 e. The lowest BCUT2D eigenvalue weighted by atomic mass is 9.96. The topological polar surface area (TPSA) is 43.1 Å². The standard InChI is InChI=1S/C16H17NO/c1-10-7-11(2)9-13(8-10)16(18)14-5-4-6-15(17)12(14)3/h4-9H,17H2,1-3H3. The van der Waals surface area contributed by atoms with Gasteiger partial charge in [-0.1, -0.05) is 29.3 Å². The molecule has 2 rings (SSSR count). The molecule has 0 unspecified atom stereocenters. The summed E-state index contributed by atoms with van der Waals surface area (Å²) < 4.78 is 0. The minimum absolute atomic E-state index is 0.0339. The van der Waals surface area contributed by atoms with Crippen molar-refractivity contribution in [1.82, 2.24) is 0 Å². The third-order valence-corrected chi connectivity index (χ3v) is 3.10. The second-order valence-electron chi connectivity index (χ2n) is 4.73. The van der Waals surface area contributed by atoms with Gasteiger partial charge in [0, 0.05) is 16.8 Å². The Balaban J connectivity index is 2.51. The lowest BCUT2D eigenvalue weighted by molar-refractivity contribution is 0.103. The first-order valence-electron chi connectivity index (χ1n) is 5.97. The van der Waals surface area contributed by atoms with E-state index in [0.29, 0.717) is 11.3 Å². The zero-order valence-corrected chi connectivity index (χ0v) is 10.9. The van der Waals surface area contributed by atoms with Crippen molar-refractivity contribution in [3.05, 3.63) is 64.2 Å². The molecule has 0 aliphatic carbocycles. The summed E-state index contributed by atoms with van der Waals surface area (Å²) in [6.45, 7) is 5.87. The van der Waals surface area contributed by atoms with Gasteiger partial charge in [-0.3, -0.25) is 4.79 Å². The van der Waals surface area contributed by atoms with Crippen LogP contribution in [0.3, 0.4) is 0 Å². The zero-order valence-electron chi connectivity index (χ0n) is 10.9. The Morgan fingerprint density at radius 1 is 1.00 bits per heavy atom. The Hall–Kier alpha value is -2.09. The number of hydrogen-bond donors (Lipinski definition) is 1. The largest absolute Gasteiger partial charge is 0.398 e.